The second-order valence-corrected chi connectivity index (χ2v) is 6.07. The molecule has 0 saturated heterocycles. The molecule has 2 amide bonds. The molecule has 0 spiro atoms. The summed E-state index contributed by atoms with van der Waals surface area (Å²) in [6.07, 6.45) is 0. The molecule has 0 bridgehead atoms. The quantitative estimate of drug-likeness (QED) is 0.781. The lowest BCUT2D eigenvalue weighted by Crippen LogP contribution is -2.50. The zero-order valence-corrected chi connectivity index (χ0v) is 14.2. The highest BCUT2D eigenvalue weighted by molar-refractivity contribution is 6.10. The summed E-state index contributed by atoms with van der Waals surface area (Å²) in [4.78, 5) is 28.8. The number of nitrogens with one attached hydrogen (secondary N) is 1. The molecule has 0 aliphatic carbocycles. The van der Waals surface area contributed by atoms with Crippen LogP contribution in [0.2, 0.25) is 0 Å². The largest absolute Gasteiger partial charge is 0.354 e. The Morgan fingerprint density at radius 3 is 2.23 bits per heavy atom. The van der Waals surface area contributed by atoms with Crippen LogP contribution in [0.4, 0.5) is 5.69 Å². The van der Waals surface area contributed by atoms with Gasteiger partial charge in [0.2, 0.25) is 11.8 Å². The smallest absolute Gasteiger partial charge is 0.242 e. The molecule has 122 valence electrons. The Balaban J connectivity index is 2.81. The standard InChI is InChI=1S/C17H27N3O2/c1-6-20(14-10-8-7-9-11-14)16(22)17(2,3)15(21)18-12-13-19(4)5/h7-11H,6,12-13H2,1-5H3,(H,18,21). The number of para-hydroxylation sites is 1. The predicted octanol–water partition coefficient (Wildman–Crippen LogP) is 1.74. The van der Waals surface area contributed by atoms with Gasteiger partial charge in [0, 0.05) is 25.3 Å². The van der Waals surface area contributed by atoms with Crippen molar-refractivity contribution < 1.29 is 9.59 Å². The molecule has 0 heterocycles. The Hall–Kier alpha value is -1.88. The van der Waals surface area contributed by atoms with Crippen molar-refractivity contribution in [1.82, 2.24) is 10.2 Å². The van der Waals surface area contributed by atoms with Gasteiger partial charge in [-0.1, -0.05) is 18.2 Å². The van der Waals surface area contributed by atoms with Crippen molar-refractivity contribution in [1.29, 1.82) is 0 Å². The van der Waals surface area contributed by atoms with Crippen molar-refractivity contribution in [3.63, 3.8) is 0 Å². The zero-order valence-electron chi connectivity index (χ0n) is 14.2. The maximum atomic E-state index is 12.8. The summed E-state index contributed by atoms with van der Waals surface area (Å²) in [6.45, 7) is 7.05. The number of likely N-dealkylation sites (N-methyl/N-ethyl adjacent to an activating group) is 1. The molecule has 5 heteroatoms. The molecule has 5 nitrogen and oxygen atoms in total. The maximum Gasteiger partial charge on any atom is 0.242 e. The first-order valence-electron chi connectivity index (χ1n) is 7.60. The second-order valence-electron chi connectivity index (χ2n) is 6.07. The van der Waals surface area contributed by atoms with E-state index < -0.39 is 5.41 Å². The summed E-state index contributed by atoms with van der Waals surface area (Å²) in [5.74, 6) is -0.433. The molecule has 1 N–H and O–H groups in total. The van der Waals surface area contributed by atoms with Gasteiger partial charge in [0.05, 0.1) is 0 Å². The number of carbonyl (C=O) groups excluding carboxylic acids is 2. The minimum Gasteiger partial charge on any atom is -0.354 e. The Labute approximate surface area is 133 Å². The number of hydrogen-bond acceptors (Lipinski definition) is 3. The van der Waals surface area contributed by atoms with E-state index in [2.05, 4.69) is 5.32 Å². The van der Waals surface area contributed by atoms with E-state index in [4.69, 9.17) is 0 Å². The molecule has 0 aliphatic rings. The van der Waals surface area contributed by atoms with Crippen molar-refractivity contribution in [2.24, 2.45) is 5.41 Å². The van der Waals surface area contributed by atoms with Crippen molar-refractivity contribution >= 4 is 17.5 Å². The van der Waals surface area contributed by atoms with Crippen LogP contribution in [0.5, 0.6) is 0 Å². The van der Waals surface area contributed by atoms with Crippen molar-refractivity contribution in [2.45, 2.75) is 20.8 Å². The molecule has 1 rings (SSSR count). The van der Waals surface area contributed by atoms with E-state index in [1.165, 1.54) is 0 Å². The van der Waals surface area contributed by atoms with Crippen molar-refractivity contribution in [3.8, 4) is 0 Å². The minimum atomic E-state index is -1.10. The van der Waals surface area contributed by atoms with E-state index in [1.54, 1.807) is 18.7 Å². The minimum absolute atomic E-state index is 0.191. The fourth-order valence-electron chi connectivity index (χ4n) is 2.10. The second kappa shape index (κ2) is 7.94. The average Bonchev–Trinajstić information content (AvgIpc) is 2.48. The highest BCUT2D eigenvalue weighted by atomic mass is 16.2. The van der Waals surface area contributed by atoms with Gasteiger partial charge in [0.15, 0.2) is 0 Å². The maximum absolute atomic E-state index is 12.8. The van der Waals surface area contributed by atoms with Crippen LogP contribution in [0.15, 0.2) is 30.3 Å². The molecule has 0 unspecified atom stereocenters. The molecule has 0 radical (unpaired) electrons. The summed E-state index contributed by atoms with van der Waals surface area (Å²) in [5, 5.41) is 2.84. The number of hydrogen-bond donors (Lipinski definition) is 1. The first kappa shape index (κ1) is 18.2. The molecule has 0 fully saturated rings. The van der Waals surface area contributed by atoms with Gasteiger partial charge >= 0.3 is 0 Å². The van der Waals surface area contributed by atoms with Crippen LogP contribution >= 0.6 is 0 Å². The van der Waals surface area contributed by atoms with Gasteiger partial charge in [0.25, 0.3) is 0 Å². The summed E-state index contributed by atoms with van der Waals surface area (Å²) in [5.41, 5.74) is -0.290. The third-order valence-corrected chi connectivity index (χ3v) is 3.58. The Bertz CT molecular complexity index is 498. The first-order valence-corrected chi connectivity index (χ1v) is 7.60. The summed E-state index contributed by atoms with van der Waals surface area (Å²) in [6, 6.07) is 9.43. The fraction of sp³-hybridized carbons (Fsp3) is 0.529. The molecule has 0 aliphatic heterocycles. The van der Waals surface area contributed by atoms with Crippen molar-refractivity contribution in [2.75, 3.05) is 38.6 Å². The van der Waals surface area contributed by atoms with Crippen LogP contribution in [0.3, 0.4) is 0 Å². The third-order valence-electron chi connectivity index (χ3n) is 3.58. The van der Waals surface area contributed by atoms with Gasteiger partial charge in [-0.2, -0.15) is 0 Å². The van der Waals surface area contributed by atoms with Crippen LogP contribution in [-0.2, 0) is 9.59 Å². The van der Waals surface area contributed by atoms with E-state index in [0.717, 1.165) is 12.2 Å². The molecular weight excluding hydrogens is 278 g/mol. The van der Waals surface area contributed by atoms with E-state index in [1.807, 2.05) is 56.3 Å². The van der Waals surface area contributed by atoms with Gasteiger partial charge in [-0.25, -0.2) is 0 Å². The Kier molecular flexibility index (Phi) is 6.56. The normalized spacial score (nSPS) is 11.4. The fourth-order valence-corrected chi connectivity index (χ4v) is 2.10. The number of anilines is 1. The molecule has 1 aromatic rings. The van der Waals surface area contributed by atoms with Gasteiger partial charge in [-0.3, -0.25) is 9.59 Å². The highest BCUT2D eigenvalue weighted by Crippen LogP contribution is 2.24. The molecule has 0 saturated carbocycles. The van der Waals surface area contributed by atoms with Crippen LogP contribution in [-0.4, -0.2) is 50.4 Å². The lowest BCUT2D eigenvalue weighted by molar-refractivity contribution is -0.139. The van der Waals surface area contributed by atoms with Gasteiger partial charge < -0.3 is 15.1 Å². The number of carbonyl (C=O) groups is 2. The van der Waals surface area contributed by atoms with Crippen LogP contribution < -0.4 is 10.2 Å². The van der Waals surface area contributed by atoms with Crippen LogP contribution in [0.1, 0.15) is 20.8 Å². The van der Waals surface area contributed by atoms with E-state index in [0.29, 0.717) is 13.1 Å². The van der Waals surface area contributed by atoms with Gasteiger partial charge in [-0.05, 0) is 47.0 Å². The molecule has 1 aromatic carbocycles. The number of benzene rings is 1. The number of rotatable bonds is 7. The molecule has 0 atom stereocenters. The monoisotopic (exact) mass is 305 g/mol. The summed E-state index contributed by atoms with van der Waals surface area (Å²) >= 11 is 0. The zero-order chi connectivity index (χ0) is 16.8. The summed E-state index contributed by atoms with van der Waals surface area (Å²) < 4.78 is 0. The lowest BCUT2D eigenvalue weighted by atomic mass is 9.90. The van der Waals surface area contributed by atoms with E-state index in [9.17, 15) is 9.59 Å². The van der Waals surface area contributed by atoms with Crippen molar-refractivity contribution in [3.05, 3.63) is 30.3 Å². The predicted molar refractivity (Wildman–Crippen MR) is 89.8 cm³/mol. The molecular formula is C17H27N3O2. The molecule has 0 aromatic heterocycles. The number of amides is 2. The topological polar surface area (TPSA) is 52.7 Å². The van der Waals surface area contributed by atoms with Crippen LogP contribution in [0, 0.1) is 5.41 Å². The van der Waals surface area contributed by atoms with E-state index >= 15 is 0 Å². The van der Waals surface area contributed by atoms with Crippen LogP contribution in [0.25, 0.3) is 0 Å². The van der Waals surface area contributed by atoms with Gasteiger partial charge in [0.1, 0.15) is 5.41 Å². The van der Waals surface area contributed by atoms with Gasteiger partial charge in [-0.15, -0.1) is 0 Å². The Morgan fingerprint density at radius 1 is 1.14 bits per heavy atom. The van der Waals surface area contributed by atoms with E-state index in [-0.39, 0.29) is 11.8 Å². The highest BCUT2D eigenvalue weighted by Gasteiger charge is 2.39. The third kappa shape index (κ3) is 4.56. The Morgan fingerprint density at radius 2 is 1.73 bits per heavy atom. The molecule has 22 heavy (non-hydrogen) atoms. The average molecular weight is 305 g/mol. The lowest BCUT2D eigenvalue weighted by Gasteiger charge is -2.30. The first-order chi connectivity index (χ1) is 10.3. The number of nitrogens with zero attached hydrogens (tertiary/aromatic N) is 2. The SMILES string of the molecule is CCN(C(=O)C(C)(C)C(=O)NCCN(C)C)c1ccccc1. The summed E-state index contributed by atoms with van der Waals surface area (Å²) in [7, 11) is 3.88.